The Hall–Kier alpha value is -0.200. The highest BCUT2D eigenvalue weighted by Crippen LogP contribution is 1.99. The molecule has 0 spiro atoms. The van der Waals surface area contributed by atoms with E-state index in [9.17, 15) is 0 Å². The summed E-state index contributed by atoms with van der Waals surface area (Å²) >= 11 is 0. The van der Waals surface area contributed by atoms with E-state index < -0.39 is 0 Å². The first kappa shape index (κ1) is 14.8. The van der Waals surface area contributed by atoms with Crippen molar-refractivity contribution in [3.8, 4) is 0 Å². The van der Waals surface area contributed by atoms with E-state index in [4.69, 9.17) is 24.4 Å². The van der Waals surface area contributed by atoms with Crippen LogP contribution in [0.15, 0.2) is 0 Å². The number of aliphatic hydroxyl groups is 2. The zero-order valence-electron chi connectivity index (χ0n) is 9.52. The van der Waals surface area contributed by atoms with Crippen LogP contribution in [-0.4, -0.2) is 62.1 Å². The third-order valence-corrected chi connectivity index (χ3v) is 1.64. The van der Waals surface area contributed by atoms with Gasteiger partial charge < -0.3 is 24.4 Å². The number of hydrogen-bond acceptors (Lipinski definition) is 5. The lowest BCUT2D eigenvalue weighted by Gasteiger charge is -2.19. The Labute approximate surface area is 91.0 Å². The molecule has 0 aromatic heterocycles. The molecule has 0 rings (SSSR count). The predicted molar refractivity (Wildman–Crippen MR) is 55.8 cm³/mol. The minimum Gasteiger partial charge on any atom is -0.394 e. The second-order valence-corrected chi connectivity index (χ2v) is 3.35. The van der Waals surface area contributed by atoms with Gasteiger partial charge in [-0.1, -0.05) is 0 Å². The molecule has 2 unspecified atom stereocenters. The zero-order chi connectivity index (χ0) is 11.5. The molecule has 0 radical (unpaired) electrons. The normalized spacial score (nSPS) is 15.2. The van der Waals surface area contributed by atoms with Crippen molar-refractivity contribution in [1.29, 1.82) is 0 Å². The first-order valence-electron chi connectivity index (χ1n) is 5.23. The van der Waals surface area contributed by atoms with Crippen molar-refractivity contribution in [3.63, 3.8) is 0 Å². The maximum atomic E-state index is 8.49. The third kappa shape index (κ3) is 10.1. The summed E-state index contributed by atoms with van der Waals surface area (Å²) in [7, 11) is 0. The second kappa shape index (κ2) is 10.3. The Balaban J connectivity index is 3.35. The molecule has 15 heavy (non-hydrogen) atoms. The number of ether oxygens (including phenoxy) is 3. The highest BCUT2D eigenvalue weighted by Gasteiger charge is 2.08. The standard InChI is InChI=1S/C10H22O5/c1-9(7-13-5-3-11)15-10(2)8-14-6-4-12/h9-12H,3-8H2,1-2H3. The van der Waals surface area contributed by atoms with Gasteiger partial charge in [0.25, 0.3) is 0 Å². The molecule has 2 atom stereocenters. The average molecular weight is 222 g/mol. The Morgan fingerprint density at radius 3 is 1.60 bits per heavy atom. The van der Waals surface area contributed by atoms with Crippen molar-refractivity contribution in [1.82, 2.24) is 0 Å². The van der Waals surface area contributed by atoms with Crippen LogP contribution in [0.1, 0.15) is 13.8 Å². The number of rotatable bonds is 10. The monoisotopic (exact) mass is 222 g/mol. The quantitative estimate of drug-likeness (QED) is 0.501. The van der Waals surface area contributed by atoms with Gasteiger partial charge >= 0.3 is 0 Å². The fraction of sp³-hybridized carbons (Fsp3) is 1.00. The van der Waals surface area contributed by atoms with Crippen molar-refractivity contribution in [3.05, 3.63) is 0 Å². The summed E-state index contributed by atoms with van der Waals surface area (Å²) in [4.78, 5) is 0. The van der Waals surface area contributed by atoms with Gasteiger partial charge in [-0.05, 0) is 13.8 Å². The molecule has 0 saturated heterocycles. The molecule has 0 aliphatic heterocycles. The summed E-state index contributed by atoms with van der Waals surface area (Å²) in [6.07, 6.45) is -0.0476. The van der Waals surface area contributed by atoms with Gasteiger partial charge in [-0.3, -0.25) is 0 Å². The predicted octanol–water partition coefficient (Wildman–Crippen LogP) is -0.202. The Morgan fingerprint density at radius 2 is 1.27 bits per heavy atom. The molecule has 0 bridgehead atoms. The minimum atomic E-state index is -0.0238. The van der Waals surface area contributed by atoms with Gasteiger partial charge in [-0.15, -0.1) is 0 Å². The van der Waals surface area contributed by atoms with Crippen LogP contribution in [0.5, 0.6) is 0 Å². The summed E-state index contributed by atoms with van der Waals surface area (Å²) in [6.45, 7) is 5.46. The Morgan fingerprint density at radius 1 is 0.867 bits per heavy atom. The average Bonchev–Trinajstić information content (AvgIpc) is 2.18. The van der Waals surface area contributed by atoms with Crippen LogP contribution < -0.4 is 0 Å². The molecule has 0 heterocycles. The molecule has 5 heteroatoms. The molecule has 92 valence electrons. The van der Waals surface area contributed by atoms with Crippen LogP contribution in [0.25, 0.3) is 0 Å². The molecule has 0 saturated carbocycles. The minimum absolute atomic E-state index is 0.0238. The molecule has 0 aromatic rings. The second-order valence-electron chi connectivity index (χ2n) is 3.35. The molecule has 0 fully saturated rings. The van der Waals surface area contributed by atoms with Gasteiger partial charge in [0, 0.05) is 0 Å². The molecular formula is C10H22O5. The van der Waals surface area contributed by atoms with E-state index in [0.717, 1.165) is 0 Å². The topological polar surface area (TPSA) is 68.2 Å². The van der Waals surface area contributed by atoms with E-state index in [-0.39, 0.29) is 25.4 Å². The van der Waals surface area contributed by atoms with E-state index in [1.54, 1.807) is 0 Å². The number of hydrogen-bond donors (Lipinski definition) is 2. The summed E-state index contributed by atoms with van der Waals surface area (Å²) in [6, 6.07) is 0. The molecule has 0 aromatic carbocycles. The lowest BCUT2D eigenvalue weighted by molar-refractivity contribution is -0.0754. The molecule has 0 aliphatic rings. The first-order valence-corrected chi connectivity index (χ1v) is 5.23. The van der Waals surface area contributed by atoms with Gasteiger partial charge in [-0.25, -0.2) is 0 Å². The molecular weight excluding hydrogens is 200 g/mol. The van der Waals surface area contributed by atoms with Crippen LogP contribution in [0.2, 0.25) is 0 Å². The highest BCUT2D eigenvalue weighted by atomic mass is 16.6. The summed E-state index contributed by atoms with van der Waals surface area (Å²) in [5, 5.41) is 17.0. The summed E-state index contributed by atoms with van der Waals surface area (Å²) in [5.74, 6) is 0. The molecule has 0 aliphatic carbocycles. The van der Waals surface area contributed by atoms with Crippen LogP contribution in [0, 0.1) is 0 Å². The van der Waals surface area contributed by atoms with Crippen LogP contribution >= 0.6 is 0 Å². The first-order chi connectivity index (χ1) is 7.20. The molecule has 2 N–H and O–H groups in total. The van der Waals surface area contributed by atoms with E-state index in [1.807, 2.05) is 13.8 Å². The van der Waals surface area contributed by atoms with Crippen molar-refractivity contribution >= 4 is 0 Å². The summed E-state index contributed by atoms with van der Waals surface area (Å²) in [5.41, 5.74) is 0. The van der Waals surface area contributed by atoms with Crippen LogP contribution in [0.3, 0.4) is 0 Å². The lowest BCUT2D eigenvalue weighted by atomic mass is 10.4. The molecule has 0 amide bonds. The SMILES string of the molecule is CC(COCCO)OC(C)COCCO. The van der Waals surface area contributed by atoms with Crippen LogP contribution in [-0.2, 0) is 14.2 Å². The van der Waals surface area contributed by atoms with E-state index in [1.165, 1.54) is 0 Å². The Bertz CT molecular complexity index is 117. The van der Waals surface area contributed by atoms with Gasteiger partial charge in [0.2, 0.25) is 0 Å². The van der Waals surface area contributed by atoms with Gasteiger partial charge in [-0.2, -0.15) is 0 Å². The van der Waals surface area contributed by atoms with Crippen molar-refractivity contribution in [2.75, 3.05) is 39.6 Å². The zero-order valence-corrected chi connectivity index (χ0v) is 9.52. The molecule has 5 nitrogen and oxygen atoms in total. The van der Waals surface area contributed by atoms with Crippen molar-refractivity contribution in [2.24, 2.45) is 0 Å². The van der Waals surface area contributed by atoms with Crippen molar-refractivity contribution < 1.29 is 24.4 Å². The van der Waals surface area contributed by atoms with Gasteiger partial charge in [0.05, 0.1) is 51.8 Å². The largest absolute Gasteiger partial charge is 0.394 e. The Kier molecular flexibility index (Phi) is 10.2. The van der Waals surface area contributed by atoms with E-state index >= 15 is 0 Å². The highest BCUT2D eigenvalue weighted by molar-refractivity contribution is 4.54. The maximum Gasteiger partial charge on any atom is 0.0785 e. The van der Waals surface area contributed by atoms with Gasteiger partial charge in [0.1, 0.15) is 0 Å². The maximum absolute atomic E-state index is 8.49. The lowest BCUT2D eigenvalue weighted by Crippen LogP contribution is -2.26. The van der Waals surface area contributed by atoms with Crippen LogP contribution in [0.4, 0.5) is 0 Å². The van der Waals surface area contributed by atoms with E-state index in [2.05, 4.69) is 0 Å². The summed E-state index contributed by atoms with van der Waals surface area (Å²) < 4.78 is 15.8. The van der Waals surface area contributed by atoms with E-state index in [0.29, 0.717) is 26.4 Å². The van der Waals surface area contributed by atoms with Crippen molar-refractivity contribution in [2.45, 2.75) is 26.1 Å². The fourth-order valence-electron chi connectivity index (χ4n) is 1.10. The third-order valence-electron chi connectivity index (χ3n) is 1.64. The number of aliphatic hydroxyl groups excluding tert-OH is 2. The van der Waals surface area contributed by atoms with Gasteiger partial charge in [0.15, 0.2) is 0 Å². The smallest absolute Gasteiger partial charge is 0.0785 e. The fourth-order valence-corrected chi connectivity index (χ4v) is 1.10.